The van der Waals surface area contributed by atoms with Crippen molar-refractivity contribution in [2.24, 2.45) is 0 Å². The molecule has 3 heterocycles. The molecule has 0 aliphatic carbocycles. The van der Waals surface area contributed by atoms with Crippen molar-refractivity contribution < 1.29 is 14.1 Å². The summed E-state index contributed by atoms with van der Waals surface area (Å²) in [5.74, 6) is 0.755. The lowest BCUT2D eigenvalue weighted by Crippen LogP contribution is -2.36. The Labute approximate surface area is 163 Å². The molecule has 1 aromatic carbocycles. The second kappa shape index (κ2) is 7.50. The van der Waals surface area contributed by atoms with E-state index in [4.69, 9.17) is 4.52 Å². The molecule has 1 unspecified atom stereocenters. The van der Waals surface area contributed by atoms with Gasteiger partial charge < -0.3 is 19.7 Å². The summed E-state index contributed by atoms with van der Waals surface area (Å²) >= 11 is 0. The van der Waals surface area contributed by atoms with Gasteiger partial charge in [-0.25, -0.2) is 0 Å². The molecule has 2 amide bonds. The summed E-state index contributed by atoms with van der Waals surface area (Å²) in [5, 5.41) is 7.99. The van der Waals surface area contributed by atoms with Crippen LogP contribution in [0.4, 0.5) is 0 Å². The number of fused-ring (bicyclic) bond motifs is 1. The first-order valence-corrected chi connectivity index (χ1v) is 9.59. The number of hydrogen-bond acceptors (Lipinski definition) is 4. The molecule has 1 atom stereocenters. The van der Waals surface area contributed by atoms with Crippen LogP contribution in [0.1, 0.15) is 46.6 Å². The average Bonchev–Trinajstić information content (AvgIpc) is 3.24. The predicted octanol–water partition coefficient (Wildman–Crippen LogP) is 3.08. The van der Waals surface area contributed by atoms with E-state index in [1.807, 2.05) is 49.2 Å². The first kappa shape index (κ1) is 18.3. The Hall–Kier alpha value is -3.09. The molecule has 7 nitrogen and oxygen atoms in total. The van der Waals surface area contributed by atoms with E-state index in [0.717, 1.165) is 34.3 Å². The smallest absolute Gasteiger partial charge is 0.252 e. The van der Waals surface area contributed by atoms with Crippen LogP contribution in [0.25, 0.3) is 10.9 Å². The van der Waals surface area contributed by atoms with Crippen molar-refractivity contribution in [3.05, 3.63) is 53.0 Å². The number of hydrogen-bond donors (Lipinski definition) is 2. The van der Waals surface area contributed by atoms with Gasteiger partial charge >= 0.3 is 0 Å². The number of aromatic amines is 1. The van der Waals surface area contributed by atoms with Gasteiger partial charge in [-0.3, -0.25) is 9.59 Å². The molecular formula is C21H24N4O3. The second-order valence-corrected chi connectivity index (χ2v) is 7.36. The molecule has 146 valence electrons. The Morgan fingerprint density at radius 1 is 1.32 bits per heavy atom. The molecule has 3 aromatic rings. The van der Waals surface area contributed by atoms with E-state index in [2.05, 4.69) is 15.5 Å². The largest absolute Gasteiger partial charge is 0.361 e. The van der Waals surface area contributed by atoms with Crippen LogP contribution in [0, 0.1) is 13.8 Å². The zero-order chi connectivity index (χ0) is 19.7. The van der Waals surface area contributed by atoms with Crippen molar-refractivity contribution in [3.63, 3.8) is 0 Å². The lowest BCUT2D eigenvalue weighted by Gasteiger charge is -2.21. The van der Waals surface area contributed by atoms with Gasteiger partial charge in [-0.2, -0.15) is 0 Å². The highest BCUT2D eigenvalue weighted by molar-refractivity contribution is 6.06. The molecule has 0 spiro atoms. The molecule has 2 aromatic heterocycles. The Morgan fingerprint density at radius 3 is 2.96 bits per heavy atom. The van der Waals surface area contributed by atoms with E-state index >= 15 is 0 Å². The second-order valence-electron chi connectivity index (χ2n) is 7.36. The Kier molecular flexibility index (Phi) is 4.90. The third kappa shape index (κ3) is 3.52. The van der Waals surface area contributed by atoms with Gasteiger partial charge in [-0.1, -0.05) is 11.2 Å². The quantitative estimate of drug-likeness (QED) is 0.728. The lowest BCUT2D eigenvalue weighted by atomic mass is 10.1. The molecule has 0 saturated carbocycles. The van der Waals surface area contributed by atoms with Crippen molar-refractivity contribution in [1.82, 2.24) is 20.4 Å². The van der Waals surface area contributed by atoms with Crippen LogP contribution in [0.3, 0.4) is 0 Å². The summed E-state index contributed by atoms with van der Waals surface area (Å²) in [5.41, 5.74) is 3.38. The number of rotatable bonds is 4. The Bertz CT molecular complexity index is 1000. The number of carbonyl (C=O) groups excluding carboxylic acids is 2. The van der Waals surface area contributed by atoms with Gasteiger partial charge in [0.25, 0.3) is 5.91 Å². The van der Waals surface area contributed by atoms with Gasteiger partial charge in [-0.05, 0) is 44.9 Å². The molecular weight excluding hydrogens is 356 g/mol. The minimum absolute atomic E-state index is 0.0275. The number of nitrogens with zero attached hydrogens (tertiary/aromatic N) is 2. The highest BCUT2D eigenvalue weighted by Gasteiger charge is 2.26. The summed E-state index contributed by atoms with van der Waals surface area (Å²) < 4.78 is 5.21. The lowest BCUT2D eigenvalue weighted by molar-refractivity contribution is -0.131. The minimum atomic E-state index is -0.0955. The Morgan fingerprint density at radius 2 is 2.18 bits per heavy atom. The molecule has 1 fully saturated rings. The summed E-state index contributed by atoms with van der Waals surface area (Å²) in [6, 6.07) is 7.53. The van der Waals surface area contributed by atoms with Gasteiger partial charge in [0, 0.05) is 47.2 Å². The predicted molar refractivity (Wildman–Crippen MR) is 105 cm³/mol. The Balaban J connectivity index is 1.43. The summed E-state index contributed by atoms with van der Waals surface area (Å²) in [6.07, 6.45) is 3.62. The number of aryl methyl sites for hydroxylation is 2. The fraction of sp³-hybridized carbons (Fsp3) is 0.381. The van der Waals surface area contributed by atoms with Crippen LogP contribution < -0.4 is 5.32 Å². The third-order valence-corrected chi connectivity index (χ3v) is 5.51. The highest BCUT2D eigenvalue weighted by Crippen LogP contribution is 2.21. The monoisotopic (exact) mass is 380 g/mol. The van der Waals surface area contributed by atoms with Crippen LogP contribution in [0.2, 0.25) is 0 Å². The summed E-state index contributed by atoms with van der Waals surface area (Å²) in [7, 11) is 0. The van der Waals surface area contributed by atoms with Gasteiger partial charge in [0.05, 0.1) is 12.2 Å². The zero-order valence-electron chi connectivity index (χ0n) is 16.1. The summed E-state index contributed by atoms with van der Waals surface area (Å²) in [4.78, 5) is 30.3. The number of likely N-dealkylation sites (tertiary alicyclic amines) is 1. The van der Waals surface area contributed by atoms with Crippen LogP contribution in [0.15, 0.2) is 35.0 Å². The van der Waals surface area contributed by atoms with Gasteiger partial charge in [-0.15, -0.1) is 0 Å². The van der Waals surface area contributed by atoms with Crippen molar-refractivity contribution in [2.75, 3.05) is 6.54 Å². The number of carbonyl (C=O) groups is 2. The number of nitrogens with one attached hydrogen (secondary N) is 2. The van der Waals surface area contributed by atoms with Crippen molar-refractivity contribution >= 4 is 22.7 Å². The normalized spacial score (nSPS) is 17.7. The van der Waals surface area contributed by atoms with Crippen molar-refractivity contribution in [3.8, 4) is 0 Å². The molecule has 1 aliphatic heterocycles. The van der Waals surface area contributed by atoms with Crippen LogP contribution in [-0.2, 0) is 11.3 Å². The molecule has 28 heavy (non-hydrogen) atoms. The van der Waals surface area contributed by atoms with Gasteiger partial charge in [0.2, 0.25) is 5.91 Å². The average molecular weight is 380 g/mol. The maximum absolute atomic E-state index is 12.8. The molecule has 7 heteroatoms. The summed E-state index contributed by atoms with van der Waals surface area (Å²) in [6.45, 7) is 4.85. The third-order valence-electron chi connectivity index (χ3n) is 5.51. The van der Waals surface area contributed by atoms with Crippen LogP contribution >= 0.6 is 0 Å². The molecule has 4 rings (SSSR count). The first-order valence-electron chi connectivity index (χ1n) is 9.59. The van der Waals surface area contributed by atoms with E-state index in [-0.39, 0.29) is 17.9 Å². The van der Waals surface area contributed by atoms with E-state index in [1.54, 1.807) is 0 Å². The SMILES string of the molecule is Cc1noc(C)c1CN1CCC(NC(=O)c2cccc3[nH]ccc23)CCC1=O. The number of benzene rings is 1. The van der Waals surface area contributed by atoms with Gasteiger partial charge in [0.15, 0.2) is 0 Å². The van der Waals surface area contributed by atoms with E-state index in [9.17, 15) is 9.59 Å². The van der Waals surface area contributed by atoms with Gasteiger partial charge in [0.1, 0.15) is 5.76 Å². The maximum atomic E-state index is 12.8. The first-order chi connectivity index (χ1) is 13.5. The fourth-order valence-electron chi connectivity index (χ4n) is 3.81. The molecule has 0 bridgehead atoms. The van der Waals surface area contributed by atoms with Crippen molar-refractivity contribution in [2.45, 2.75) is 45.7 Å². The molecule has 0 radical (unpaired) electrons. The van der Waals surface area contributed by atoms with E-state index < -0.39 is 0 Å². The minimum Gasteiger partial charge on any atom is -0.361 e. The fourth-order valence-corrected chi connectivity index (χ4v) is 3.81. The topological polar surface area (TPSA) is 91.2 Å². The van der Waals surface area contributed by atoms with Crippen LogP contribution in [-0.4, -0.2) is 39.4 Å². The van der Waals surface area contributed by atoms with E-state index in [1.165, 1.54) is 0 Å². The highest BCUT2D eigenvalue weighted by atomic mass is 16.5. The molecule has 1 saturated heterocycles. The standard InChI is InChI=1S/C21H24N4O3/c1-13-18(14(2)28-24-13)12-25-11-9-15(6-7-20(25)26)23-21(27)17-4-3-5-19-16(17)8-10-22-19/h3-5,8,10,15,22H,6-7,9,11-12H2,1-2H3,(H,23,27). The number of amides is 2. The van der Waals surface area contributed by atoms with Crippen molar-refractivity contribution in [1.29, 1.82) is 0 Å². The molecule has 2 N–H and O–H groups in total. The zero-order valence-corrected chi connectivity index (χ0v) is 16.1. The number of H-pyrrole nitrogens is 1. The molecule has 1 aliphatic rings. The van der Waals surface area contributed by atoms with Crippen LogP contribution in [0.5, 0.6) is 0 Å². The maximum Gasteiger partial charge on any atom is 0.252 e. The number of aromatic nitrogens is 2. The van der Waals surface area contributed by atoms with E-state index in [0.29, 0.717) is 31.5 Å².